The van der Waals surface area contributed by atoms with Gasteiger partial charge in [0.1, 0.15) is 0 Å². The molecule has 0 amide bonds. The second-order valence-corrected chi connectivity index (χ2v) is 6.79. The topological polar surface area (TPSA) is 90.3 Å². The third kappa shape index (κ3) is 4.40. The Morgan fingerprint density at radius 3 is 2.83 bits per heavy atom. The summed E-state index contributed by atoms with van der Waals surface area (Å²) in [5, 5.41) is 0. The van der Waals surface area contributed by atoms with Crippen LogP contribution in [-0.4, -0.2) is 37.6 Å². The van der Waals surface area contributed by atoms with E-state index in [0.717, 1.165) is 0 Å². The van der Waals surface area contributed by atoms with Crippen molar-refractivity contribution in [2.45, 2.75) is 24.8 Å². The molecule has 0 aliphatic rings. The Bertz CT molecular complexity index is 770. The van der Waals surface area contributed by atoms with Crippen LogP contribution in [0.25, 0.3) is 0 Å². The van der Waals surface area contributed by atoms with E-state index in [1.807, 2.05) is 10.8 Å². The van der Waals surface area contributed by atoms with E-state index in [0.29, 0.717) is 25.1 Å². The maximum absolute atomic E-state index is 12.3. The second-order valence-electron chi connectivity index (χ2n) is 5.02. The largest absolute Gasteiger partial charge is 0.465 e. The van der Waals surface area contributed by atoms with Crippen molar-refractivity contribution >= 4 is 16.0 Å². The second kappa shape index (κ2) is 7.38. The highest BCUT2D eigenvalue weighted by molar-refractivity contribution is 7.89. The number of imidazole rings is 1. The molecule has 0 saturated carbocycles. The van der Waals surface area contributed by atoms with Crippen molar-refractivity contribution in [2.75, 3.05) is 13.7 Å². The Hall–Kier alpha value is -2.19. The van der Waals surface area contributed by atoms with Crippen molar-refractivity contribution in [2.24, 2.45) is 0 Å². The SMILES string of the molecule is COC(=O)c1cc(S(=O)(=O)NCCCn2ccnc2)ccc1C. The van der Waals surface area contributed by atoms with Crippen molar-refractivity contribution in [3.8, 4) is 0 Å². The first-order valence-corrected chi connectivity index (χ1v) is 8.57. The smallest absolute Gasteiger partial charge is 0.338 e. The van der Waals surface area contributed by atoms with Crippen molar-refractivity contribution in [3.63, 3.8) is 0 Å². The van der Waals surface area contributed by atoms with Gasteiger partial charge in [-0.1, -0.05) is 6.07 Å². The summed E-state index contributed by atoms with van der Waals surface area (Å²) in [5.74, 6) is -0.556. The van der Waals surface area contributed by atoms with E-state index in [-0.39, 0.29) is 10.5 Å². The van der Waals surface area contributed by atoms with Crippen LogP contribution in [0.3, 0.4) is 0 Å². The van der Waals surface area contributed by atoms with Crippen molar-refractivity contribution in [3.05, 3.63) is 48.0 Å². The number of nitrogens with zero attached hydrogens (tertiary/aromatic N) is 2. The molecule has 2 aromatic rings. The molecule has 0 saturated heterocycles. The molecule has 1 N–H and O–H groups in total. The van der Waals surface area contributed by atoms with E-state index < -0.39 is 16.0 Å². The maximum Gasteiger partial charge on any atom is 0.338 e. The predicted molar refractivity (Wildman–Crippen MR) is 84.6 cm³/mol. The van der Waals surface area contributed by atoms with Gasteiger partial charge in [-0.25, -0.2) is 22.9 Å². The van der Waals surface area contributed by atoms with Gasteiger partial charge in [0.2, 0.25) is 10.0 Å². The number of rotatable bonds is 7. The van der Waals surface area contributed by atoms with E-state index in [1.165, 1.54) is 19.2 Å². The quantitative estimate of drug-likeness (QED) is 0.608. The van der Waals surface area contributed by atoms with Gasteiger partial charge in [0.05, 0.1) is 23.9 Å². The molecule has 0 spiro atoms. The molecule has 124 valence electrons. The van der Waals surface area contributed by atoms with Crippen LogP contribution in [0.5, 0.6) is 0 Å². The van der Waals surface area contributed by atoms with Crippen LogP contribution >= 0.6 is 0 Å². The summed E-state index contributed by atoms with van der Waals surface area (Å²) in [7, 11) is -2.40. The average Bonchev–Trinajstić information content (AvgIpc) is 3.04. The number of carbonyl (C=O) groups excluding carboxylic acids is 1. The normalized spacial score (nSPS) is 11.4. The molecule has 1 heterocycles. The molecule has 2 rings (SSSR count). The van der Waals surface area contributed by atoms with Crippen LogP contribution in [0, 0.1) is 6.92 Å². The molecule has 7 nitrogen and oxygen atoms in total. The highest BCUT2D eigenvalue weighted by Crippen LogP contribution is 2.16. The number of hydrogen-bond acceptors (Lipinski definition) is 5. The van der Waals surface area contributed by atoms with Gasteiger partial charge in [0, 0.05) is 25.5 Å². The molecule has 0 atom stereocenters. The lowest BCUT2D eigenvalue weighted by Crippen LogP contribution is -2.26. The summed E-state index contributed by atoms with van der Waals surface area (Å²) < 4.78 is 33.6. The average molecular weight is 337 g/mol. The number of ether oxygens (including phenoxy) is 1. The maximum atomic E-state index is 12.3. The summed E-state index contributed by atoms with van der Waals surface area (Å²) in [6.07, 6.45) is 5.80. The predicted octanol–water partition coefficient (Wildman–Crippen LogP) is 1.35. The Labute approximate surface area is 135 Å². The van der Waals surface area contributed by atoms with Gasteiger partial charge < -0.3 is 9.30 Å². The fourth-order valence-corrected chi connectivity index (χ4v) is 3.17. The van der Waals surface area contributed by atoms with Crippen molar-refractivity contribution < 1.29 is 17.9 Å². The van der Waals surface area contributed by atoms with Gasteiger partial charge >= 0.3 is 5.97 Å². The number of methoxy groups -OCH3 is 1. The lowest BCUT2D eigenvalue weighted by atomic mass is 10.1. The molecule has 0 aliphatic heterocycles. The van der Waals surface area contributed by atoms with E-state index >= 15 is 0 Å². The first-order chi connectivity index (χ1) is 10.9. The zero-order valence-corrected chi connectivity index (χ0v) is 13.8. The van der Waals surface area contributed by atoms with Crippen LogP contribution in [0.4, 0.5) is 0 Å². The molecule has 8 heteroatoms. The summed E-state index contributed by atoms with van der Waals surface area (Å²) >= 11 is 0. The van der Waals surface area contributed by atoms with Crippen molar-refractivity contribution in [1.29, 1.82) is 0 Å². The number of esters is 1. The van der Waals surface area contributed by atoms with Gasteiger partial charge in [-0.3, -0.25) is 0 Å². The summed E-state index contributed by atoms with van der Waals surface area (Å²) in [6, 6.07) is 4.39. The Balaban J connectivity index is 2.02. The van der Waals surface area contributed by atoms with Crippen LogP contribution in [0.2, 0.25) is 0 Å². The number of aryl methyl sites for hydroxylation is 2. The highest BCUT2D eigenvalue weighted by atomic mass is 32.2. The van der Waals surface area contributed by atoms with E-state index in [4.69, 9.17) is 0 Å². The molecule has 0 radical (unpaired) electrons. The Morgan fingerprint density at radius 1 is 1.39 bits per heavy atom. The molecule has 23 heavy (non-hydrogen) atoms. The first-order valence-electron chi connectivity index (χ1n) is 7.08. The number of sulfonamides is 1. The van der Waals surface area contributed by atoms with Crippen LogP contribution in [0.15, 0.2) is 41.8 Å². The molecule has 0 unspecified atom stereocenters. The molecule has 1 aromatic heterocycles. The van der Waals surface area contributed by atoms with Gasteiger partial charge in [0.25, 0.3) is 0 Å². The summed E-state index contributed by atoms with van der Waals surface area (Å²) in [5.41, 5.74) is 0.907. The van der Waals surface area contributed by atoms with Crippen LogP contribution in [-0.2, 0) is 21.3 Å². The third-order valence-electron chi connectivity index (χ3n) is 3.37. The minimum Gasteiger partial charge on any atom is -0.465 e. The van der Waals surface area contributed by atoms with E-state index in [1.54, 1.807) is 25.5 Å². The van der Waals surface area contributed by atoms with E-state index in [2.05, 4.69) is 14.4 Å². The first kappa shape index (κ1) is 17.2. The Kier molecular flexibility index (Phi) is 5.51. The fraction of sp³-hybridized carbons (Fsp3) is 0.333. The molecular weight excluding hydrogens is 318 g/mol. The van der Waals surface area contributed by atoms with Gasteiger partial charge in [-0.2, -0.15) is 0 Å². The number of hydrogen-bond donors (Lipinski definition) is 1. The summed E-state index contributed by atoms with van der Waals surface area (Å²) in [6.45, 7) is 2.69. The lowest BCUT2D eigenvalue weighted by molar-refractivity contribution is 0.0599. The summed E-state index contributed by atoms with van der Waals surface area (Å²) in [4.78, 5) is 15.6. The fourth-order valence-electron chi connectivity index (χ4n) is 2.07. The number of aromatic nitrogens is 2. The molecule has 1 aromatic carbocycles. The zero-order chi connectivity index (χ0) is 16.9. The van der Waals surface area contributed by atoms with Gasteiger partial charge in [0.15, 0.2) is 0 Å². The van der Waals surface area contributed by atoms with Crippen LogP contribution < -0.4 is 4.72 Å². The monoisotopic (exact) mass is 337 g/mol. The number of benzene rings is 1. The minimum absolute atomic E-state index is 0.0473. The molecule has 0 bridgehead atoms. The van der Waals surface area contributed by atoms with Gasteiger partial charge in [-0.05, 0) is 31.0 Å². The highest BCUT2D eigenvalue weighted by Gasteiger charge is 2.17. The Morgan fingerprint density at radius 2 is 2.17 bits per heavy atom. The molecular formula is C15H19N3O4S. The van der Waals surface area contributed by atoms with Crippen LogP contribution in [0.1, 0.15) is 22.3 Å². The molecule has 0 fully saturated rings. The number of nitrogens with one attached hydrogen (secondary N) is 1. The van der Waals surface area contributed by atoms with Crippen molar-refractivity contribution in [1.82, 2.24) is 14.3 Å². The third-order valence-corrected chi connectivity index (χ3v) is 4.83. The van der Waals surface area contributed by atoms with E-state index in [9.17, 15) is 13.2 Å². The standard InChI is InChI=1S/C15H19N3O4S/c1-12-4-5-13(10-14(12)15(19)22-2)23(20,21)17-6-3-8-18-9-7-16-11-18/h4-5,7,9-11,17H,3,6,8H2,1-2H3. The molecule has 0 aliphatic carbocycles. The zero-order valence-electron chi connectivity index (χ0n) is 13.0. The lowest BCUT2D eigenvalue weighted by Gasteiger charge is -2.10. The number of carbonyl (C=O) groups is 1. The van der Waals surface area contributed by atoms with Gasteiger partial charge in [-0.15, -0.1) is 0 Å². The minimum atomic E-state index is -3.66.